The van der Waals surface area contributed by atoms with Gasteiger partial charge in [0.15, 0.2) is 0 Å². The van der Waals surface area contributed by atoms with Gasteiger partial charge in [0.25, 0.3) is 0 Å². The van der Waals surface area contributed by atoms with Gasteiger partial charge in [0.2, 0.25) is 5.91 Å². The highest BCUT2D eigenvalue weighted by Gasteiger charge is 2.28. The van der Waals surface area contributed by atoms with Crippen LogP contribution in [0.4, 0.5) is 0 Å². The second kappa shape index (κ2) is 6.94. The summed E-state index contributed by atoms with van der Waals surface area (Å²) < 4.78 is 0. The minimum Gasteiger partial charge on any atom is -0.481 e. The standard InChI is InChI=1S/C16H22ClNO3/c1-11(12-7-5-6-8-13(12)17)18(4)14(19)9-16(2,3)10-15(20)21/h5-8,11H,9-10H2,1-4H3,(H,20,21). The lowest BCUT2D eigenvalue weighted by molar-refractivity contribution is -0.140. The van der Waals surface area contributed by atoms with Crippen LogP contribution in [0, 0.1) is 5.41 Å². The van der Waals surface area contributed by atoms with Crippen molar-refractivity contribution in [1.82, 2.24) is 4.90 Å². The Morgan fingerprint density at radius 3 is 2.38 bits per heavy atom. The first-order valence-electron chi connectivity index (χ1n) is 6.86. The topological polar surface area (TPSA) is 57.6 Å². The lowest BCUT2D eigenvalue weighted by Crippen LogP contribution is -2.34. The molecule has 0 radical (unpaired) electrons. The Bertz CT molecular complexity index is 528. The van der Waals surface area contributed by atoms with E-state index in [1.165, 1.54) is 0 Å². The van der Waals surface area contributed by atoms with Gasteiger partial charge in [-0.15, -0.1) is 0 Å². The fraction of sp³-hybridized carbons (Fsp3) is 0.500. The van der Waals surface area contributed by atoms with E-state index in [9.17, 15) is 9.59 Å². The highest BCUT2D eigenvalue weighted by Crippen LogP contribution is 2.30. The molecule has 0 saturated heterocycles. The first kappa shape index (κ1) is 17.5. The van der Waals surface area contributed by atoms with Crippen LogP contribution in [0.1, 0.15) is 45.2 Å². The molecule has 0 fully saturated rings. The predicted molar refractivity (Wildman–Crippen MR) is 83.3 cm³/mol. The number of carbonyl (C=O) groups excluding carboxylic acids is 1. The van der Waals surface area contributed by atoms with Gasteiger partial charge >= 0.3 is 5.97 Å². The van der Waals surface area contributed by atoms with Crippen molar-refractivity contribution in [2.75, 3.05) is 7.05 Å². The van der Waals surface area contributed by atoms with Gasteiger partial charge in [-0.1, -0.05) is 43.6 Å². The molecule has 1 aromatic rings. The Kier molecular flexibility index (Phi) is 5.78. The molecule has 1 amide bonds. The maximum atomic E-state index is 12.4. The lowest BCUT2D eigenvalue weighted by Gasteiger charge is -2.30. The molecule has 0 aromatic heterocycles. The van der Waals surface area contributed by atoms with Crippen molar-refractivity contribution < 1.29 is 14.7 Å². The third-order valence-corrected chi connectivity index (χ3v) is 3.93. The molecule has 0 aliphatic carbocycles. The number of nitrogens with zero attached hydrogens (tertiary/aromatic N) is 1. The first-order valence-corrected chi connectivity index (χ1v) is 7.24. The summed E-state index contributed by atoms with van der Waals surface area (Å²) in [5.74, 6) is -0.983. The largest absolute Gasteiger partial charge is 0.481 e. The van der Waals surface area contributed by atoms with E-state index in [1.54, 1.807) is 31.9 Å². The van der Waals surface area contributed by atoms with Crippen molar-refractivity contribution >= 4 is 23.5 Å². The van der Waals surface area contributed by atoms with Crippen LogP contribution in [0.5, 0.6) is 0 Å². The van der Waals surface area contributed by atoms with Crippen LogP contribution in [0.15, 0.2) is 24.3 Å². The average molecular weight is 312 g/mol. The first-order chi connectivity index (χ1) is 9.64. The SMILES string of the molecule is CC(c1ccccc1Cl)N(C)C(=O)CC(C)(C)CC(=O)O. The summed E-state index contributed by atoms with van der Waals surface area (Å²) in [6.45, 7) is 5.48. The van der Waals surface area contributed by atoms with Crippen LogP contribution in [-0.4, -0.2) is 28.9 Å². The number of carbonyl (C=O) groups is 2. The van der Waals surface area contributed by atoms with E-state index in [0.717, 1.165) is 5.56 Å². The average Bonchev–Trinajstić information content (AvgIpc) is 2.35. The number of hydrogen-bond donors (Lipinski definition) is 1. The van der Waals surface area contributed by atoms with Crippen LogP contribution in [0.2, 0.25) is 5.02 Å². The molecular weight excluding hydrogens is 290 g/mol. The maximum Gasteiger partial charge on any atom is 0.303 e. The Morgan fingerprint density at radius 1 is 1.29 bits per heavy atom. The second-order valence-corrected chi connectivity index (χ2v) is 6.52. The summed E-state index contributed by atoms with van der Waals surface area (Å²) in [7, 11) is 1.72. The van der Waals surface area contributed by atoms with E-state index in [2.05, 4.69) is 0 Å². The molecule has 116 valence electrons. The van der Waals surface area contributed by atoms with E-state index >= 15 is 0 Å². The number of aliphatic carboxylic acids is 1. The molecule has 0 bridgehead atoms. The quantitative estimate of drug-likeness (QED) is 0.870. The third kappa shape index (κ3) is 5.05. The number of halogens is 1. The van der Waals surface area contributed by atoms with Crippen molar-refractivity contribution in [3.05, 3.63) is 34.9 Å². The molecule has 0 saturated carbocycles. The van der Waals surface area contributed by atoms with Crippen molar-refractivity contribution in [3.63, 3.8) is 0 Å². The summed E-state index contributed by atoms with van der Waals surface area (Å²) in [4.78, 5) is 24.8. The van der Waals surface area contributed by atoms with E-state index in [-0.39, 0.29) is 24.8 Å². The minimum atomic E-state index is -0.894. The van der Waals surface area contributed by atoms with Crippen LogP contribution in [0.3, 0.4) is 0 Å². The Balaban J connectivity index is 2.79. The summed E-state index contributed by atoms with van der Waals surface area (Å²) in [5, 5.41) is 9.50. The fourth-order valence-corrected chi connectivity index (χ4v) is 2.54. The summed E-state index contributed by atoms with van der Waals surface area (Å²) >= 11 is 6.15. The highest BCUT2D eigenvalue weighted by molar-refractivity contribution is 6.31. The van der Waals surface area contributed by atoms with Crippen molar-refractivity contribution in [2.45, 2.75) is 39.7 Å². The van der Waals surface area contributed by atoms with Gasteiger partial charge in [0, 0.05) is 18.5 Å². The summed E-state index contributed by atoms with van der Waals surface area (Å²) in [6.07, 6.45) is 0.150. The molecule has 1 atom stereocenters. The molecule has 21 heavy (non-hydrogen) atoms. The lowest BCUT2D eigenvalue weighted by atomic mass is 9.85. The molecule has 0 heterocycles. The Morgan fingerprint density at radius 2 is 1.86 bits per heavy atom. The van der Waals surface area contributed by atoms with Crippen molar-refractivity contribution in [3.8, 4) is 0 Å². The van der Waals surface area contributed by atoms with Gasteiger partial charge in [0.05, 0.1) is 12.5 Å². The maximum absolute atomic E-state index is 12.4. The van der Waals surface area contributed by atoms with Crippen molar-refractivity contribution in [2.24, 2.45) is 5.41 Å². The van der Waals surface area contributed by atoms with Crippen LogP contribution >= 0.6 is 11.6 Å². The zero-order valence-corrected chi connectivity index (χ0v) is 13.6. The molecule has 4 nitrogen and oxygen atoms in total. The molecule has 5 heteroatoms. The highest BCUT2D eigenvalue weighted by atomic mass is 35.5. The van der Waals surface area contributed by atoms with Crippen LogP contribution in [0.25, 0.3) is 0 Å². The van der Waals surface area contributed by atoms with Crippen LogP contribution in [-0.2, 0) is 9.59 Å². The molecule has 0 aliphatic rings. The van der Waals surface area contributed by atoms with Gasteiger partial charge in [-0.25, -0.2) is 0 Å². The number of amides is 1. The Labute approximate surface area is 130 Å². The smallest absolute Gasteiger partial charge is 0.303 e. The molecular formula is C16H22ClNO3. The minimum absolute atomic E-state index is 0.0347. The van der Waals surface area contributed by atoms with E-state index in [1.807, 2.05) is 25.1 Å². The zero-order valence-electron chi connectivity index (χ0n) is 12.9. The van der Waals surface area contributed by atoms with Crippen molar-refractivity contribution in [1.29, 1.82) is 0 Å². The van der Waals surface area contributed by atoms with Gasteiger partial charge in [-0.2, -0.15) is 0 Å². The molecule has 1 unspecified atom stereocenters. The molecule has 1 rings (SSSR count). The van der Waals surface area contributed by atoms with Gasteiger partial charge in [0.1, 0.15) is 0 Å². The van der Waals surface area contributed by atoms with E-state index in [4.69, 9.17) is 16.7 Å². The van der Waals surface area contributed by atoms with Gasteiger partial charge in [-0.05, 0) is 24.0 Å². The number of benzene rings is 1. The normalized spacial score (nSPS) is 12.8. The molecule has 0 aliphatic heterocycles. The number of carboxylic acids is 1. The number of carboxylic acid groups (broad SMARTS) is 1. The third-order valence-electron chi connectivity index (χ3n) is 3.59. The van der Waals surface area contributed by atoms with E-state index < -0.39 is 11.4 Å². The zero-order chi connectivity index (χ0) is 16.2. The predicted octanol–water partition coefficient (Wildman–Crippen LogP) is 3.75. The van der Waals surface area contributed by atoms with E-state index in [0.29, 0.717) is 5.02 Å². The number of hydrogen-bond acceptors (Lipinski definition) is 2. The molecule has 1 N–H and O–H groups in total. The second-order valence-electron chi connectivity index (χ2n) is 6.11. The summed E-state index contributed by atoms with van der Waals surface area (Å²) in [5.41, 5.74) is 0.309. The van der Waals surface area contributed by atoms with Crippen LogP contribution < -0.4 is 0 Å². The Hall–Kier alpha value is -1.55. The van der Waals surface area contributed by atoms with Gasteiger partial charge in [-0.3, -0.25) is 9.59 Å². The summed E-state index contributed by atoms with van der Waals surface area (Å²) in [6, 6.07) is 7.24. The monoisotopic (exact) mass is 311 g/mol. The van der Waals surface area contributed by atoms with Gasteiger partial charge < -0.3 is 10.0 Å². The number of rotatable bonds is 6. The fourth-order valence-electron chi connectivity index (χ4n) is 2.24. The molecule has 1 aromatic carbocycles. The molecule has 0 spiro atoms.